The zero-order valence-corrected chi connectivity index (χ0v) is 17.3. The topological polar surface area (TPSA) is 42.5 Å². The Hall–Kier alpha value is -3.12. The zero-order valence-electron chi connectivity index (χ0n) is 17.3. The van der Waals surface area contributed by atoms with Gasteiger partial charge in [0.1, 0.15) is 11.4 Å². The first-order valence-corrected chi connectivity index (χ1v) is 9.86. The Morgan fingerprint density at radius 2 is 2.00 bits per heavy atom. The smallest absolute Gasteiger partial charge is 0.271 e. The van der Waals surface area contributed by atoms with Crippen molar-refractivity contribution in [2.24, 2.45) is 18.9 Å². The molecule has 5 nitrogen and oxygen atoms in total. The van der Waals surface area contributed by atoms with Gasteiger partial charge in [0.2, 0.25) is 11.6 Å². The molecule has 0 bridgehead atoms. The van der Waals surface area contributed by atoms with Crippen LogP contribution in [0.3, 0.4) is 0 Å². The van der Waals surface area contributed by atoms with Gasteiger partial charge >= 0.3 is 0 Å². The molecule has 1 aliphatic heterocycles. The first kappa shape index (κ1) is 20.6. The number of nitrogens with zero attached hydrogens (tertiary/aromatic N) is 4. The molecule has 0 amide bonds. The highest BCUT2D eigenvalue weighted by Crippen LogP contribution is 2.28. The molecule has 0 N–H and O–H groups in total. The number of rotatable bonds is 2. The quantitative estimate of drug-likeness (QED) is 0.563. The van der Waals surface area contributed by atoms with E-state index in [-0.39, 0.29) is 22.7 Å². The van der Waals surface area contributed by atoms with Gasteiger partial charge in [-0.2, -0.15) is 0 Å². The maximum atomic E-state index is 14.3. The van der Waals surface area contributed by atoms with E-state index in [4.69, 9.17) is 11.6 Å². The second-order valence-electron chi connectivity index (χ2n) is 7.87. The highest BCUT2D eigenvalue weighted by Gasteiger charge is 2.23. The lowest BCUT2D eigenvalue weighted by molar-refractivity contribution is 0.431. The van der Waals surface area contributed by atoms with Gasteiger partial charge in [-0.3, -0.25) is 9.36 Å². The predicted molar refractivity (Wildman–Crippen MR) is 113 cm³/mol. The second kappa shape index (κ2) is 8.49. The Balaban J connectivity index is 2.21. The van der Waals surface area contributed by atoms with Crippen LogP contribution in [0.2, 0.25) is 0 Å². The number of benzene rings is 1. The SMILES string of the molecule is [C-]#[N+]c1ccc(-c2nc(N3CCC(C)CC3)n(C)c(=O)c2C#CC(C)C)cc1F. The van der Waals surface area contributed by atoms with E-state index in [0.29, 0.717) is 23.1 Å². The van der Waals surface area contributed by atoms with Crippen molar-refractivity contribution in [3.05, 3.63) is 51.4 Å². The normalized spacial score (nSPS) is 14.4. The van der Waals surface area contributed by atoms with Crippen molar-refractivity contribution in [1.29, 1.82) is 0 Å². The van der Waals surface area contributed by atoms with Crippen molar-refractivity contribution in [2.45, 2.75) is 33.6 Å². The molecule has 1 aliphatic rings. The maximum Gasteiger partial charge on any atom is 0.271 e. The Kier molecular flexibility index (Phi) is 6.03. The summed E-state index contributed by atoms with van der Waals surface area (Å²) in [5.74, 6) is 6.65. The van der Waals surface area contributed by atoms with Gasteiger partial charge in [-0.15, -0.1) is 0 Å². The summed E-state index contributed by atoms with van der Waals surface area (Å²) in [5, 5.41) is 0. The zero-order chi connectivity index (χ0) is 21.1. The third-order valence-electron chi connectivity index (χ3n) is 5.16. The Bertz CT molecular complexity index is 1080. The van der Waals surface area contributed by atoms with Gasteiger partial charge < -0.3 is 4.90 Å². The summed E-state index contributed by atoms with van der Waals surface area (Å²) >= 11 is 0. The summed E-state index contributed by atoms with van der Waals surface area (Å²) in [4.78, 5) is 23.2. The van der Waals surface area contributed by atoms with Gasteiger partial charge in [0, 0.05) is 31.6 Å². The maximum absolute atomic E-state index is 14.3. The van der Waals surface area contributed by atoms with E-state index in [1.807, 2.05) is 13.8 Å². The fourth-order valence-electron chi connectivity index (χ4n) is 3.37. The predicted octanol–water partition coefficient (Wildman–Crippen LogP) is 4.38. The Morgan fingerprint density at radius 1 is 1.31 bits per heavy atom. The molecule has 2 heterocycles. The van der Waals surface area contributed by atoms with Gasteiger partial charge in [0.25, 0.3) is 5.56 Å². The highest BCUT2D eigenvalue weighted by molar-refractivity contribution is 5.70. The third-order valence-corrected chi connectivity index (χ3v) is 5.16. The highest BCUT2D eigenvalue weighted by atomic mass is 19.1. The van der Waals surface area contributed by atoms with Crippen LogP contribution in [0.15, 0.2) is 23.0 Å². The molecule has 0 aliphatic carbocycles. The fraction of sp³-hybridized carbons (Fsp3) is 0.435. The number of halogens is 1. The van der Waals surface area contributed by atoms with E-state index >= 15 is 0 Å². The van der Waals surface area contributed by atoms with E-state index in [2.05, 4.69) is 28.5 Å². The summed E-state index contributed by atoms with van der Waals surface area (Å²) in [5.41, 5.74) is 0.770. The van der Waals surface area contributed by atoms with E-state index in [9.17, 15) is 9.18 Å². The first-order chi connectivity index (χ1) is 13.8. The van der Waals surface area contributed by atoms with Crippen LogP contribution in [0.5, 0.6) is 0 Å². The van der Waals surface area contributed by atoms with Crippen LogP contribution in [-0.4, -0.2) is 22.6 Å². The molecular formula is C23H25FN4O. The average Bonchev–Trinajstić information content (AvgIpc) is 2.69. The average molecular weight is 392 g/mol. The summed E-state index contributed by atoms with van der Waals surface area (Å²) in [6.07, 6.45) is 2.07. The van der Waals surface area contributed by atoms with Crippen molar-refractivity contribution in [3.8, 4) is 23.1 Å². The summed E-state index contributed by atoms with van der Waals surface area (Å²) < 4.78 is 15.8. The molecule has 1 aromatic heterocycles. The van der Waals surface area contributed by atoms with E-state index in [1.54, 1.807) is 13.1 Å². The molecule has 1 aromatic carbocycles. The second-order valence-corrected chi connectivity index (χ2v) is 7.87. The Morgan fingerprint density at radius 3 is 2.59 bits per heavy atom. The van der Waals surface area contributed by atoms with Crippen LogP contribution in [0.1, 0.15) is 39.2 Å². The first-order valence-electron chi connectivity index (χ1n) is 9.86. The minimum absolute atomic E-state index is 0.0577. The number of piperidine rings is 1. The molecule has 0 unspecified atom stereocenters. The molecule has 0 spiro atoms. The van der Waals surface area contributed by atoms with Gasteiger partial charge in [0.05, 0.1) is 12.3 Å². The minimum atomic E-state index is -0.629. The van der Waals surface area contributed by atoms with Crippen molar-refractivity contribution in [1.82, 2.24) is 9.55 Å². The molecule has 0 radical (unpaired) electrons. The van der Waals surface area contributed by atoms with Crippen LogP contribution in [-0.2, 0) is 7.05 Å². The summed E-state index contributed by atoms with van der Waals surface area (Å²) in [6, 6.07) is 4.30. The van der Waals surface area contributed by atoms with Crippen LogP contribution < -0.4 is 10.5 Å². The van der Waals surface area contributed by atoms with Crippen molar-refractivity contribution in [3.63, 3.8) is 0 Å². The number of hydrogen-bond donors (Lipinski definition) is 0. The van der Waals surface area contributed by atoms with Crippen LogP contribution in [0.4, 0.5) is 16.0 Å². The van der Waals surface area contributed by atoms with Crippen molar-refractivity contribution >= 4 is 11.6 Å². The van der Waals surface area contributed by atoms with Crippen molar-refractivity contribution < 1.29 is 4.39 Å². The van der Waals surface area contributed by atoms with E-state index in [1.165, 1.54) is 16.7 Å². The standard InChI is InChI=1S/C23H25FN4O/c1-15(2)6-8-18-21(17-7-9-20(25-4)19(24)14-17)26-23(27(5)22(18)29)28-12-10-16(3)11-13-28/h7,9,14-16H,10-13H2,1-3,5H3. The molecule has 0 saturated carbocycles. The van der Waals surface area contributed by atoms with Crippen LogP contribution in [0, 0.1) is 36.1 Å². The molecule has 1 fully saturated rings. The fourth-order valence-corrected chi connectivity index (χ4v) is 3.37. The molecule has 1 saturated heterocycles. The molecular weight excluding hydrogens is 367 g/mol. The van der Waals surface area contributed by atoms with Gasteiger partial charge in [-0.25, -0.2) is 14.2 Å². The van der Waals surface area contributed by atoms with Crippen LogP contribution in [0.25, 0.3) is 16.1 Å². The molecule has 3 rings (SSSR count). The van der Waals surface area contributed by atoms with E-state index < -0.39 is 5.82 Å². The molecule has 2 aromatic rings. The lowest BCUT2D eigenvalue weighted by atomic mass is 9.99. The molecule has 0 atom stereocenters. The van der Waals surface area contributed by atoms with Gasteiger partial charge in [-0.05, 0) is 24.8 Å². The summed E-state index contributed by atoms with van der Waals surface area (Å²) in [6.45, 7) is 14.8. The van der Waals surface area contributed by atoms with Crippen molar-refractivity contribution in [2.75, 3.05) is 18.0 Å². The Labute approximate surface area is 171 Å². The monoisotopic (exact) mass is 392 g/mol. The summed E-state index contributed by atoms with van der Waals surface area (Å²) in [7, 11) is 1.70. The molecule has 6 heteroatoms. The number of aromatic nitrogens is 2. The van der Waals surface area contributed by atoms with Gasteiger partial charge in [-0.1, -0.05) is 44.7 Å². The largest absolute Gasteiger partial charge is 0.342 e. The van der Waals surface area contributed by atoms with Crippen LogP contribution >= 0.6 is 0 Å². The van der Waals surface area contributed by atoms with E-state index in [0.717, 1.165) is 25.9 Å². The lowest BCUT2D eigenvalue weighted by Gasteiger charge is -2.32. The molecule has 150 valence electrons. The molecule has 29 heavy (non-hydrogen) atoms. The number of hydrogen-bond acceptors (Lipinski definition) is 3. The third kappa shape index (κ3) is 4.32. The number of anilines is 1. The minimum Gasteiger partial charge on any atom is -0.342 e. The lowest BCUT2D eigenvalue weighted by Crippen LogP contribution is -2.38. The van der Waals surface area contributed by atoms with Gasteiger partial charge in [0.15, 0.2) is 0 Å².